The van der Waals surface area contributed by atoms with E-state index in [0.29, 0.717) is 0 Å². The second-order valence-electron chi connectivity index (χ2n) is 4.26. The van der Waals surface area contributed by atoms with Gasteiger partial charge in [-0.05, 0) is 19.1 Å². The summed E-state index contributed by atoms with van der Waals surface area (Å²) in [5, 5.41) is 8.55. The molecule has 0 spiro atoms. The topological polar surface area (TPSA) is 127 Å². The first-order valence-corrected chi connectivity index (χ1v) is 7.43. The minimum atomic E-state index is -4.39. The molecule has 116 valence electrons. The second-order valence-corrected chi connectivity index (χ2v) is 6.38. The van der Waals surface area contributed by atoms with Crippen LogP contribution in [0.4, 0.5) is 4.39 Å². The second kappa shape index (κ2) is 6.37. The van der Waals surface area contributed by atoms with Crippen molar-refractivity contribution in [2.45, 2.75) is 24.3 Å². The Morgan fingerprint density at radius 2 is 2.05 bits per heavy atom. The standard InChI is InChI=1S/C11H12ClFN2O5S/c1-5(2-9(14)16)15-21(19,20)8-4-6(12)3-7(10(8)13)11(17)18/h3-5,15H,2H2,1H3,(H2,14,16)(H,17,18). The zero-order valence-corrected chi connectivity index (χ0v) is 12.3. The summed E-state index contributed by atoms with van der Waals surface area (Å²) in [5.74, 6) is -3.84. The highest BCUT2D eigenvalue weighted by atomic mass is 35.5. The van der Waals surface area contributed by atoms with Gasteiger partial charge in [-0.25, -0.2) is 22.3 Å². The van der Waals surface area contributed by atoms with Crippen LogP contribution in [0.3, 0.4) is 0 Å². The number of carboxylic acid groups (broad SMARTS) is 1. The predicted octanol–water partition coefficient (Wildman–Crippen LogP) is 0.720. The molecule has 0 radical (unpaired) electrons. The highest BCUT2D eigenvalue weighted by Gasteiger charge is 2.26. The summed E-state index contributed by atoms with van der Waals surface area (Å²) in [6.07, 6.45) is -0.298. The first-order valence-electron chi connectivity index (χ1n) is 5.57. The Hall–Kier alpha value is -1.71. The van der Waals surface area contributed by atoms with Gasteiger partial charge in [-0.15, -0.1) is 0 Å². The third kappa shape index (κ3) is 4.38. The Bertz CT molecular complexity index is 692. The molecule has 10 heteroatoms. The van der Waals surface area contributed by atoms with Gasteiger partial charge >= 0.3 is 5.97 Å². The van der Waals surface area contributed by atoms with Crippen LogP contribution in [0, 0.1) is 5.82 Å². The molecule has 0 aromatic heterocycles. The molecule has 21 heavy (non-hydrogen) atoms. The Balaban J connectivity index is 3.26. The fourth-order valence-corrected chi connectivity index (χ4v) is 3.24. The van der Waals surface area contributed by atoms with Crippen molar-refractivity contribution in [2.75, 3.05) is 0 Å². The third-order valence-corrected chi connectivity index (χ3v) is 4.19. The summed E-state index contributed by atoms with van der Waals surface area (Å²) in [4.78, 5) is 20.6. The summed E-state index contributed by atoms with van der Waals surface area (Å²) in [7, 11) is -4.39. The number of halogens is 2. The van der Waals surface area contributed by atoms with Gasteiger partial charge in [0.15, 0.2) is 5.82 Å². The zero-order chi connectivity index (χ0) is 16.4. The summed E-state index contributed by atoms with van der Waals surface area (Å²) >= 11 is 5.60. The molecule has 0 aliphatic rings. The number of nitrogens with two attached hydrogens (primary N) is 1. The van der Waals surface area contributed by atoms with Crippen LogP contribution in [0.15, 0.2) is 17.0 Å². The van der Waals surface area contributed by atoms with Crippen LogP contribution in [0.2, 0.25) is 5.02 Å². The molecule has 1 rings (SSSR count). The number of carbonyl (C=O) groups excluding carboxylic acids is 1. The summed E-state index contributed by atoms with van der Waals surface area (Å²) in [6.45, 7) is 1.35. The van der Waals surface area contributed by atoms with Gasteiger partial charge in [0.1, 0.15) is 4.90 Å². The molecule has 1 amide bonds. The first-order chi connectivity index (χ1) is 9.54. The van der Waals surface area contributed by atoms with Gasteiger partial charge in [0.25, 0.3) is 0 Å². The Morgan fingerprint density at radius 1 is 1.48 bits per heavy atom. The number of amides is 1. The molecule has 0 aliphatic carbocycles. The largest absolute Gasteiger partial charge is 0.478 e. The van der Waals surface area contributed by atoms with Crippen LogP contribution in [0.5, 0.6) is 0 Å². The fourth-order valence-electron chi connectivity index (χ4n) is 1.59. The number of carbonyl (C=O) groups is 2. The Labute approximate surface area is 124 Å². The Kier molecular flexibility index (Phi) is 5.26. The van der Waals surface area contributed by atoms with E-state index in [9.17, 15) is 22.4 Å². The number of hydrogen-bond acceptors (Lipinski definition) is 4. The van der Waals surface area contributed by atoms with Crippen LogP contribution in [-0.4, -0.2) is 31.4 Å². The number of primary amides is 1. The van der Waals surface area contributed by atoms with E-state index in [1.807, 2.05) is 4.72 Å². The maximum absolute atomic E-state index is 14.0. The van der Waals surface area contributed by atoms with Crippen molar-refractivity contribution in [3.8, 4) is 0 Å². The van der Waals surface area contributed by atoms with Crippen molar-refractivity contribution in [3.63, 3.8) is 0 Å². The van der Waals surface area contributed by atoms with Crippen molar-refractivity contribution in [3.05, 3.63) is 28.5 Å². The normalized spacial score (nSPS) is 12.9. The number of sulfonamides is 1. The van der Waals surface area contributed by atoms with Crippen molar-refractivity contribution in [2.24, 2.45) is 5.73 Å². The van der Waals surface area contributed by atoms with Crippen molar-refractivity contribution in [1.29, 1.82) is 0 Å². The first kappa shape index (κ1) is 17.3. The molecule has 1 aromatic rings. The summed E-state index contributed by atoms with van der Waals surface area (Å²) in [6, 6.07) is 0.687. The maximum Gasteiger partial charge on any atom is 0.338 e. The van der Waals surface area contributed by atoms with E-state index in [2.05, 4.69) is 0 Å². The predicted molar refractivity (Wildman–Crippen MR) is 72.0 cm³/mol. The van der Waals surface area contributed by atoms with Gasteiger partial charge in [-0.1, -0.05) is 11.6 Å². The number of nitrogens with one attached hydrogen (secondary N) is 1. The molecule has 0 heterocycles. The van der Waals surface area contributed by atoms with Crippen LogP contribution in [0.25, 0.3) is 0 Å². The van der Waals surface area contributed by atoms with Gasteiger partial charge in [0.2, 0.25) is 15.9 Å². The number of aromatic carboxylic acids is 1. The average molecular weight is 339 g/mol. The van der Waals surface area contributed by atoms with E-state index in [1.54, 1.807) is 0 Å². The number of rotatable bonds is 6. The van der Waals surface area contributed by atoms with Crippen LogP contribution in [-0.2, 0) is 14.8 Å². The van der Waals surface area contributed by atoms with Crippen LogP contribution < -0.4 is 10.5 Å². The van der Waals surface area contributed by atoms with E-state index in [0.717, 1.165) is 12.1 Å². The van der Waals surface area contributed by atoms with Gasteiger partial charge in [0.05, 0.1) is 5.56 Å². The fraction of sp³-hybridized carbons (Fsp3) is 0.273. The summed E-state index contributed by atoms with van der Waals surface area (Å²) in [5.41, 5.74) is 4.05. The highest BCUT2D eigenvalue weighted by molar-refractivity contribution is 7.89. The van der Waals surface area contributed by atoms with Crippen LogP contribution in [0.1, 0.15) is 23.7 Å². The van der Waals surface area contributed by atoms with Crippen LogP contribution >= 0.6 is 11.6 Å². The SMILES string of the molecule is CC(CC(N)=O)NS(=O)(=O)c1cc(Cl)cc(C(=O)O)c1F. The van der Waals surface area contributed by atoms with E-state index in [1.165, 1.54) is 6.92 Å². The van der Waals surface area contributed by atoms with E-state index >= 15 is 0 Å². The van der Waals surface area contributed by atoms with Gasteiger partial charge in [-0.2, -0.15) is 0 Å². The number of carboxylic acids is 1. The molecule has 7 nitrogen and oxygen atoms in total. The molecule has 1 aromatic carbocycles. The third-order valence-electron chi connectivity index (χ3n) is 2.39. The average Bonchev–Trinajstić information content (AvgIpc) is 2.29. The molecular formula is C11H12ClFN2O5S. The lowest BCUT2D eigenvalue weighted by Crippen LogP contribution is -2.36. The molecule has 1 atom stereocenters. The Morgan fingerprint density at radius 3 is 2.52 bits per heavy atom. The smallest absolute Gasteiger partial charge is 0.338 e. The van der Waals surface area contributed by atoms with Gasteiger partial charge in [0, 0.05) is 17.5 Å². The minimum absolute atomic E-state index is 0.253. The molecule has 0 saturated carbocycles. The van der Waals surface area contributed by atoms with E-state index in [4.69, 9.17) is 22.4 Å². The lowest BCUT2D eigenvalue weighted by atomic mass is 10.2. The van der Waals surface area contributed by atoms with Gasteiger partial charge in [-0.3, -0.25) is 4.79 Å². The van der Waals surface area contributed by atoms with E-state index < -0.39 is 44.2 Å². The van der Waals surface area contributed by atoms with Crippen molar-refractivity contribution < 1.29 is 27.5 Å². The highest BCUT2D eigenvalue weighted by Crippen LogP contribution is 2.24. The molecule has 0 saturated heterocycles. The lowest BCUT2D eigenvalue weighted by molar-refractivity contribution is -0.118. The lowest BCUT2D eigenvalue weighted by Gasteiger charge is -2.14. The zero-order valence-electron chi connectivity index (χ0n) is 10.8. The van der Waals surface area contributed by atoms with Gasteiger partial charge < -0.3 is 10.8 Å². The number of hydrogen-bond donors (Lipinski definition) is 3. The van der Waals surface area contributed by atoms with Crippen molar-refractivity contribution >= 4 is 33.5 Å². The van der Waals surface area contributed by atoms with Crippen molar-refractivity contribution in [1.82, 2.24) is 4.72 Å². The molecule has 0 aliphatic heterocycles. The molecule has 4 N–H and O–H groups in total. The summed E-state index contributed by atoms with van der Waals surface area (Å²) < 4.78 is 40.0. The minimum Gasteiger partial charge on any atom is -0.478 e. The molecule has 1 unspecified atom stereocenters. The van der Waals surface area contributed by atoms with E-state index in [-0.39, 0.29) is 11.4 Å². The molecule has 0 fully saturated rings. The maximum atomic E-state index is 14.0. The molecule has 0 bridgehead atoms. The number of benzene rings is 1. The quantitative estimate of drug-likeness (QED) is 0.704. The molecular weight excluding hydrogens is 327 g/mol. The monoisotopic (exact) mass is 338 g/mol.